The third-order valence-corrected chi connectivity index (χ3v) is 3.95. The molecule has 26 heavy (non-hydrogen) atoms. The molecule has 0 fully saturated rings. The van der Waals surface area contributed by atoms with Gasteiger partial charge >= 0.3 is 5.97 Å². The van der Waals surface area contributed by atoms with Gasteiger partial charge in [0.05, 0.1) is 14.2 Å². The van der Waals surface area contributed by atoms with Crippen LogP contribution >= 0.6 is 0 Å². The Morgan fingerprint density at radius 1 is 1.19 bits per heavy atom. The van der Waals surface area contributed by atoms with Gasteiger partial charge in [-0.1, -0.05) is 6.07 Å². The maximum atomic E-state index is 12.5. The van der Waals surface area contributed by atoms with Gasteiger partial charge in [0, 0.05) is 26.4 Å². The largest absolute Gasteiger partial charge is 0.493 e. The van der Waals surface area contributed by atoms with Crippen molar-refractivity contribution < 1.29 is 29.0 Å². The molecule has 1 aromatic rings. The Labute approximate surface area is 153 Å². The standard InChI is InChI=1S/C18H26N2O6/c1-12(18(23)24)20(10-9-19-13(2)21)17(22)8-6-14-5-7-15(25-3)16(11-14)26-4/h5,7,11-12H,6,8-10H2,1-4H3,(H,19,21)(H,23,24). The molecule has 0 aliphatic carbocycles. The van der Waals surface area contributed by atoms with Gasteiger partial charge in [0.15, 0.2) is 11.5 Å². The smallest absolute Gasteiger partial charge is 0.326 e. The zero-order chi connectivity index (χ0) is 19.7. The van der Waals surface area contributed by atoms with E-state index in [9.17, 15) is 19.5 Å². The first-order valence-electron chi connectivity index (χ1n) is 8.27. The van der Waals surface area contributed by atoms with Crippen LogP contribution in [0.4, 0.5) is 0 Å². The highest BCUT2D eigenvalue weighted by Crippen LogP contribution is 2.28. The number of aliphatic carboxylic acids is 1. The van der Waals surface area contributed by atoms with E-state index < -0.39 is 12.0 Å². The predicted octanol–water partition coefficient (Wildman–Crippen LogP) is 1.07. The second kappa shape index (κ2) is 10.3. The molecule has 1 unspecified atom stereocenters. The van der Waals surface area contributed by atoms with Crippen LogP contribution in [0, 0.1) is 0 Å². The normalized spacial score (nSPS) is 11.4. The molecule has 8 heteroatoms. The maximum absolute atomic E-state index is 12.5. The molecule has 0 bridgehead atoms. The monoisotopic (exact) mass is 366 g/mol. The molecule has 0 radical (unpaired) electrons. The molecule has 0 heterocycles. The van der Waals surface area contributed by atoms with Gasteiger partial charge in [-0.3, -0.25) is 9.59 Å². The van der Waals surface area contributed by atoms with E-state index in [-0.39, 0.29) is 31.3 Å². The molecule has 1 atom stereocenters. The Morgan fingerprint density at radius 3 is 2.38 bits per heavy atom. The fourth-order valence-electron chi connectivity index (χ4n) is 2.45. The molecule has 0 aliphatic rings. The van der Waals surface area contributed by atoms with E-state index in [2.05, 4.69) is 5.32 Å². The molecule has 0 aliphatic heterocycles. The number of rotatable bonds is 10. The lowest BCUT2D eigenvalue weighted by Gasteiger charge is -2.26. The first-order chi connectivity index (χ1) is 12.3. The lowest BCUT2D eigenvalue weighted by molar-refractivity contribution is -0.149. The second-order valence-corrected chi connectivity index (χ2v) is 5.77. The highest BCUT2D eigenvalue weighted by molar-refractivity contribution is 5.83. The first kappa shape index (κ1) is 21.3. The van der Waals surface area contributed by atoms with Gasteiger partial charge in [0.25, 0.3) is 0 Å². The Hall–Kier alpha value is -2.77. The highest BCUT2D eigenvalue weighted by atomic mass is 16.5. The summed E-state index contributed by atoms with van der Waals surface area (Å²) in [5.74, 6) is -0.448. The minimum absolute atomic E-state index is 0.137. The van der Waals surface area contributed by atoms with Crippen LogP contribution in [0.1, 0.15) is 25.8 Å². The van der Waals surface area contributed by atoms with E-state index >= 15 is 0 Å². The molecule has 2 N–H and O–H groups in total. The zero-order valence-electron chi connectivity index (χ0n) is 15.6. The number of carbonyl (C=O) groups excluding carboxylic acids is 2. The quantitative estimate of drug-likeness (QED) is 0.642. The number of hydrogen-bond donors (Lipinski definition) is 2. The summed E-state index contributed by atoms with van der Waals surface area (Å²) in [6.07, 6.45) is 0.579. The van der Waals surface area contributed by atoms with E-state index in [0.29, 0.717) is 17.9 Å². The van der Waals surface area contributed by atoms with E-state index in [4.69, 9.17) is 9.47 Å². The van der Waals surface area contributed by atoms with Gasteiger partial charge in [-0.25, -0.2) is 4.79 Å². The van der Waals surface area contributed by atoms with E-state index in [1.807, 2.05) is 6.07 Å². The first-order valence-corrected chi connectivity index (χ1v) is 8.27. The van der Waals surface area contributed by atoms with Crippen LogP contribution in [0.3, 0.4) is 0 Å². The summed E-state index contributed by atoms with van der Waals surface area (Å²) < 4.78 is 10.4. The SMILES string of the molecule is COc1ccc(CCC(=O)N(CCNC(C)=O)C(C)C(=O)O)cc1OC. The Kier molecular flexibility index (Phi) is 8.41. The molecule has 0 aromatic heterocycles. The number of carboxylic acid groups (broad SMARTS) is 1. The van der Waals surface area contributed by atoms with Crippen molar-refractivity contribution in [3.63, 3.8) is 0 Å². The molecule has 8 nitrogen and oxygen atoms in total. The van der Waals surface area contributed by atoms with Gasteiger partial charge in [0.2, 0.25) is 11.8 Å². The summed E-state index contributed by atoms with van der Waals surface area (Å²) in [6.45, 7) is 3.15. The van der Waals surface area contributed by atoms with Gasteiger partial charge in [-0.15, -0.1) is 0 Å². The van der Waals surface area contributed by atoms with Crippen LogP contribution in [0.25, 0.3) is 0 Å². The number of hydrogen-bond acceptors (Lipinski definition) is 5. The van der Waals surface area contributed by atoms with Crippen LogP contribution in [-0.4, -0.2) is 61.1 Å². The molecule has 0 spiro atoms. The van der Waals surface area contributed by atoms with E-state index in [1.165, 1.54) is 25.9 Å². The topological polar surface area (TPSA) is 105 Å². The summed E-state index contributed by atoms with van der Waals surface area (Å²) in [6, 6.07) is 4.40. The summed E-state index contributed by atoms with van der Waals surface area (Å²) >= 11 is 0. The van der Waals surface area contributed by atoms with E-state index in [0.717, 1.165) is 5.56 Å². The number of nitrogens with one attached hydrogen (secondary N) is 1. The fourth-order valence-corrected chi connectivity index (χ4v) is 2.45. The summed E-state index contributed by atoms with van der Waals surface area (Å²) in [7, 11) is 3.08. The summed E-state index contributed by atoms with van der Waals surface area (Å²) in [5, 5.41) is 11.8. The molecule has 1 aromatic carbocycles. The predicted molar refractivity (Wildman–Crippen MR) is 95.4 cm³/mol. The number of aryl methyl sites for hydroxylation is 1. The molecule has 0 saturated carbocycles. The average molecular weight is 366 g/mol. The fraction of sp³-hybridized carbons (Fsp3) is 0.500. The number of methoxy groups -OCH3 is 2. The molecule has 2 amide bonds. The van der Waals surface area contributed by atoms with Crippen molar-refractivity contribution in [2.45, 2.75) is 32.7 Å². The van der Waals surface area contributed by atoms with Gasteiger partial charge < -0.3 is 24.8 Å². The van der Waals surface area contributed by atoms with Crippen molar-refractivity contribution in [1.82, 2.24) is 10.2 Å². The minimum Gasteiger partial charge on any atom is -0.493 e. The third-order valence-electron chi connectivity index (χ3n) is 3.95. The number of carboxylic acids is 1. The Balaban J connectivity index is 2.76. The van der Waals surface area contributed by atoms with Crippen LogP contribution in [0.2, 0.25) is 0 Å². The van der Waals surface area contributed by atoms with Crippen molar-refractivity contribution in [1.29, 1.82) is 0 Å². The average Bonchev–Trinajstić information content (AvgIpc) is 2.62. The number of benzene rings is 1. The van der Waals surface area contributed by atoms with Crippen molar-refractivity contribution in [2.75, 3.05) is 27.3 Å². The van der Waals surface area contributed by atoms with Crippen molar-refractivity contribution in [3.8, 4) is 11.5 Å². The van der Waals surface area contributed by atoms with Crippen LogP contribution < -0.4 is 14.8 Å². The second-order valence-electron chi connectivity index (χ2n) is 5.77. The van der Waals surface area contributed by atoms with Crippen molar-refractivity contribution >= 4 is 17.8 Å². The van der Waals surface area contributed by atoms with Crippen LogP contribution in [0.5, 0.6) is 11.5 Å². The Bertz CT molecular complexity index is 647. The summed E-state index contributed by atoms with van der Waals surface area (Å²) in [4.78, 5) is 36.0. The number of nitrogens with zero attached hydrogens (tertiary/aromatic N) is 1. The van der Waals surface area contributed by atoms with Gasteiger partial charge in [0.1, 0.15) is 6.04 Å². The molecular weight excluding hydrogens is 340 g/mol. The summed E-state index contributed by atoms with van der Waals surface area (Å²) in [5.41, 5.74) is 0.876. The van der Waals surface area contributed by atoms with E-state index in [1.54, 1.807) is 19.2 Å². The third kappa shape index (κ3) is 6.27. The van der Waals surface area contributed by atoms with Gasteiger partial charge in [-0.2, -0.15) is 0 Å². The number of ether oxygens (including phenoxy) is 2. The van der Waals surface area contributed by atoms with Crippen LogP contribution in [-0.2, 0) is 20.8 Å². The number of carbonyl (C=O) groups is 3. The molecule has 1 rings (SSSR count). The maximum Gasteiger partial charge on any atom is 0.326 e. The van der Waals surface area contributed by atoms with Crippen molar-refractivity contribution in [2.24, 2.45) is 0 Å². The lowest BCUT2D eigenvalue weighted by Crippen LogP contribution is -2.46. The minimum atomic E-state index is -1.09. The Morgan fingerprint density at radius 2 is 1.85 bits per heavy atom. The highest BCUT2D eigenvalue weighted by Gasteiger charge is 2.25. The molecule has 144 valence electrons. The lowest BCUT2D eigenvalue weighted by atomic mass is 10.1. The number of amides is 2. The molecule has 0 saturated heterocycles. The van der Waals surface area contributed by atoms with Crippen molar-refractivity contribution in [3.05, 3.63) is 23.8 Å². The van der Waals surface area contributed by atoms with Gasteiger partial charge in [-0.05, 0) is 31.0 Å². The zero-order valence-corrected chi connectivity index (χ0v) is 15.6. The van der Waals surface area contributed by atoms with Crippen LogP contribution in [0.15, 0.2) is 18.2 Å². The molecular formula is C18H26N2O6.